The standard InChI is InChI=1S/C9H18F2N2/c1-7-3-4-8(5-12-7)13(2)6-9(10)11/h7-9,12H,3-6H2,1-2H3. The summed E-state index contributed by atoms with van der Waals surface area (Å²) >= 11 is 0. The Balaban J connectivity index is 2.27. The number of hydrogen-bond donors (Lipinski definition) is 1. The van der Waals surface area contributed by atoms with E-state index in [0.717, 1.165) is 19.4 Å². The van der Waals surface area contributed by atoms with Crippen molar-refractivity contribution in [1.29, 1.82) is 0 Å². The summed E-state index contributed by atoms with van der Waals surface area (Å²) in [5.74, 6) is 0. The molecule has 1 heterocycles. The van der Waals surface area contributed by atoms with Crippen LogP contribution in [0.5, 0.6) is 0 Å². The third kappa shape index (κ3) is 3.56. The Morgan fingerprint density at radius 3 is 2.62 bits per heavy atom. The molecule has 0 aromatic carbocycles. The maximum absolute atomic E-state index is 12.1. The van der Waals surface area contributed by atoms with E-state index in [-0.39, 0.29) is 12.6 Å². The Bertz CT molecular complexity index is 145. The summed E-state index contributed by atoms with van der Waals surface area (Å²) in [4.78, 5) is 1.75. The van der Waals surface area contributed by atoms with Crippen LogP contribution in [0.3, 0.4) is 0 Å². The summed E-state index contributed by atoms with van der Waals surface area (Å²) in [7, 11) is 1.77. The minimum absolute atomic E-state index is 0.110. The van der Waals surface area contributed by atoms with Crippen LogP contribution < -0.4 is 5.32 Å². The molecular formula is C9H18F2N2. The molecule has 78 valence electrons. The average Bonchev–Trinajstić information content (AvgIpc) is 2.04. The van der Waals surface area contributed by atoms with Gasteiger partial charge in [-0.3, -0.25) is 4.90 Å². The lowest BCUT2D eigenvalue weighted by molar-refractivity contribution is 0.0713. The van der Waals surface area contributed by atoms with Crippen LogP contribution in [0, 0.1) is 0 Å². The fraction of sp³-hybridized carbons (Fsp3) is 1.00. The molecule has 1 saturated heterocycles. The molecule has 1 aliphatic heterocycles. The van der Waals surface area contributed by atoms with Gasteiger partial charge >= 0.3 is 0 Å². The Morgan fingerprint density at radius 2 is 2.15 bits per heavy atom. The van der Waals surface area contributed by atoms with E-state index in [0.29, 0.717) is 6.04 Å². The molecule has 0 radical (unpaired) electrons. The molecule has 0 saturated carbocycles. The predicted molar refractivity (Wildman–Crippen MR) is 49.1 cm³/mol. The summed E-state index contributed by atoms with van der Waals surface area (Å²) in [6.07, 6.45) is -0.111. The van der Waals surface area contributed by atoms with Crippen molar-refractivity contribution in [2.75, 3.05) is 20.1 Å². The lowest BCUT2D eigenvalue weighted by Gasteiger charge is -2.34. The highest BCUT2D eigenvalue weighted by Gasteiger charge is 2.22. The second-order valence-corrected chi connectivity index (χ2v) is 3.87. The number of nitrogens with zero attached hydrogens (tertiary/aromatic N) is 1. The van der Waals surface area contributed by atoms with E-state index in [9.17, 15) is 8.78 Å². The smallest absolute Gasteiger partial charge is 0.251 e. The topological polar surface area (TPSA) is 15.3 Å². The van der Waals surface area contributed by atoms with Gasteiger partial charge in [-0.25, -0.2) is 8.78 Å². The van der Waals surface area contributed by atoms with Crippen LogP contribution in [-0.2, 0) is 0 Å². The minimum atomic E-state index is -2.22. The van der Waals surface area contributed by atoms with Crippen LogP contribution in [0.4, 0.5) is 8.78 Å². The van der Waals surface area contributed by atoms with Crippen molar-refractivity contribution in [2.45, 2.75) is 38.3 Å². The van der Waals surface area contributed by atoms with Crippen molar-refractivity contribution in [3.63, 3.8) is 0 Å². The molecule has 0 amide bonds. The van der Waals surface area contributed by atoms with E-state index in [1.807, 2.05) is 0 Å². The first-order chi connectivity index (χ1) is 6.09. The van der Waals surface area contributed by atoms with E-state index in [1.165, 1.54) is 0 Å². The number of halogens is 2. The summed E-state index contributed by atoms with van der Waals surface area (Å²) in [6, 6.07) is 0.821. The fourth-order valence-corrected chi connectivity index (χ4v) is 1.73. The van der Waals surface area contributed by atoms with Crippen LogP contribution in [0.1, 0.15) is 19.8 Å². The first kappa shape index (κ1) is 10.9. The Hall–Kier alpha value is -0.220. The van der Waals surface area contributed by atoms with Gasteiger partial charge in [-0.2, -0.15) is 0 Å². The molecule has 2 unspecified atom stereocenters. The van der Waals surface area contributed by atoms with Gasteiger partial charge in [0.2, 0.25) is 0 Å². The summed E-state index contributed by atoms with van der Waals surface area (Å²) in [5, 5.41) is 3.30. The molecule has 1 fully saturated rings. The van der Waals surface area contributed by atoms with E-state index in [2.05, 4.69) is 12.2 Å². The van der Waals surface area contributed by atoms with Gasteiger partial charge in [0.05, 0.1) is 6.54 Å². The van der Waals surface area contributed by atoms with Gasteiger partial charge < -0.3 is 5.32 Å². The van der Waals surface area contributed by atoms with Crippen LogP contribution in [0.15, 0.2) is 0 Å². The largest absolute Gasteiger partial charge is 0.313 e. The van der Waals surface area contributed by atoms with Crippen LogP contribution in [0.25, 0.3) is 0 Å². The summed E-state index contributed by atoms with van der Waals surface area (Å²) in [5.41, 5.74) is 0. The highest BCUT2D eigenvalue weighted by Crippen LogP contribution is 2.13. The first-order valence-electron chi connectivity index (χ1n) is 4.81. The minimum Gasteiger partial charge on any atom is -0.313 e. The van der Waals surface area contributed by atoms with Gasteiger partial charge in [0, 0.05) is 18.6 Å². The molecular weight excluding hydrogens is 174 g/mol. The van der Waals surface area contributed by atoms with Gasteiger partial charge in [-0.15, -0.1) is 0 Å². The summed E-state index contributed by atoms with van der Waals surface area (Å²) < 4.78 is 24.1. The van der Waals surface area contributed by atoms with E-state index >= 15 is 0 Å². The molecule has 2 nitrogen and oxygen atoms in total. The fourth-order valence-electron chi connectivity index (χ4n) is 1.73. The maximum atomic E-state index is 12.1. The number of likely N-dealkylation sites (N-methyl/N-ethyl adjacent to an activating group) is 1. The first-order valence-corrected chi connectivity index (χ1v) is 4.81. The van der Waals surface area contributed by atoms with Crippen LogP contribution in [-0.4, -0.2) is 43.5 Å². The van der Waals surface area contributed by atoms with Crippen molar-refractivity contribution < 1.29 is 8.78 Å². The number of piperidine rings is 1. The molecule has 0 spiro atoms. The average molecular weight is 192 g/mol. The SMILES string of the molecule is CC1CCC(N(C)CC(F)F)CN1. The van der Waals surface area contributed by atoms with Crippen LogP contribution in [0.2, 0.25) is 0 Å². The van der Waals surface area contributed by atoms with E-state index < -0.39 is 6.43 Å². The second-order valence-electron chi connectivity index (χ2n) is 3.87. The molecule has 0 aliphatic carbocycles. The van der Waals surface area contributed by atoms with Gasteiger partial charge in [0.1, 0.15) is 0 Å². The molecule has 0 bridgehead atoms. The Morgan fingerprint density at radius 1 is 1.46 bits per heavy atom. The highest BCUT2D eigenvalue weighted by molar-refractivity contribution is 4.80. The number of alkyl halides is 2. The number of rotatable bonds is 3. The van der Waals surface area contributed by atoms with Crippen molar-refractivity contribution >= 4 is 0 Å². The zero-order valence-corrected chi connectivity index (χ0v) is 8.26. The second kappa shape index (κ2) is 4.86. The molecule has 4 heteroatoms. The third-order valence-electron chi connectivity index (χ3n) is 2.68. The zero-order chi connectivity index (χ0) is 9.84. The zero-order valence-electron chi connectivity index (χ0n) is 8.26. The van der Waals surface area contributed by atoms with Crippen molar-refractivity contribution in [3.05, 3.63) is 0 Å². The highest BCUT2D eigenvalue weighted by atomic mass is 19.3. The molecule has 1 rings (SSSR count). The molecule has 2 atom stereocenters. The molecule has 0 aromatic heterocycles. The molecule has 13 heavy (non-hydrogen) atoms. The Labute approximate surface area is 78.3 Å². The molecule has 0 aromatic rings. The quantitative estimate of drug-likeness (QED) is 0.725. The summed E-state index contributed by atoms with van der Waals surface area (Å²) in [6.45, 7) is 2.86. The van der Waals surface area contributed by atoms with Gasteiger partial charge in [0.25, 0.3) is 6.43 Å². The van der Waals surface area contributed by atoms with Gasteiger partial charge in [-0.05, 0) is 26.8 Å². The van der Waals surface area contributed by atoms with Gasteiger partial charge in [0.15, 0.2) is 0 Å². The maximum Gasteiger partial charge on any atom is 0.251 e. The predicted octanol–water partition coefficient (Wildman–Crippen LogP) is 1.32. The normalized spacial score (nSPS) is 30.0. The van der Waals surface area contributed by atoms with Crippen molar-refractivity contribution in [2.24, 2.45) is 0 Å². The Kier molecular flexibility index (Phi) is 4.06. The molecule has 1 N–H and O–H groups in total. The number of hydrogen-bond acceptors (Lipinski definition) is 2. The van der Waals surface area contributed by atoms with Crippen molar-refractivity contribution in [1.82, 2.24) is 10.2 Å². The van der Waals surface area contributed by atoms with Crippen molar-refractivity contribution in [3.8, 4) is 0 Å². The lowest BCUT2D eigenvalue weighted by Crippen LogP contribution is -2.48. The monoisotopic (exact) mass is 192 g/mol. The number of nitrogens with one attached hydrogen (secondary N) is 1. The van der Waals surface area contributed by atoms with E-state index in [1.54, 1.807) is 11.9 Å². The molecule has 1 aliphatic rings. The van der Waals surface area contributed by atoms with E-state index in [4.69, 9.17) is 0 Å². The third-order valence-corrected chi connectivity index (χ3v) is 2.68. The lowest BCUT2D eigenvalue weighted by atomic mass is 10.0. The van der Waals surface area contributed by atoms with Gasteiger partial charge in [-0.1, -0.05) is 0 Å². The van der Waals surface area contributed by atoms with Crippen LogP contribution >= 0.6 is 0 Å².